The van der Waals surface area contributed by atoms with E-state index < -0.39 is 0 Å². The lowest BCUT2D eigenvalue weighted by molar-refractivity contribution is 0.962. The van der Waals surface area contributed by atoms with Crippen molar-refractivity contribution in [3.8, 4) is 62.1 Å². The van der Waals surface area contributed by atoms with E-state index in [4.69, 9.17) is 15.0 Å². The topological polar surface area (TPSA) is 43.6 Å². The van der Waals surface area contributed by atoms with Gasteiger partial charge in [0.25, 0.3) is 0 Å². The second kappa shape index (κ2) is 15.2. The fourth-order valence-corrected chi connectivity index (χ4v) is 8.17. The fourth-order valence-electron chi connectivity index (χ4n) is 8.17. The molecule has 0 bridgehead atoms. The smallest absolute Gasteiger partial charge is 0.164 e. The van der Waals surface area contributed by atoms with Crippen molar-refractivity contribution in [2.75, 3.05) is 0 Å². The van der Waals surface area contributed by atoms with Crippen LogP contribution in [0.2, 0.25) is 0 Å². The first kappa shape index (κ1) is 35.0. The predicted octanol–water partition coefficient (Wildman–Crippen LogP) is 13.4. The Morgan fingerprint density at radius 2 is 0.897 bits per heavy atom. The molecule has 4 nitrogen and oxygen atoms in total. The average Bonchev–Trinajstić information content (AvgIpc) is 3.63. The standard InChI is InChI=1S/C54H40N4/c1-37-15-11-12-22-46(37)47-33-29-42(35-44(47)26-25-38-16-5-2-6-17-38)43-30-34-51-49(36-43)48-23-13-14-24-50(48)58(51)45-31-27-41(28-32-45)54-56-52(39-18-7-3-8-19-39)55-53(57-54)40-20-9-4-10-21-40/h2-24,27-36H,25-26H2,1H3. The zero-order chi connectivity index (χ0) is 38.8. The van der Waals surface area contributed by atoms with Crippen LogP contribution in [0.3, 0.4) is 0 Å². The van der Waals surface area contributed by atoms with Crippen molar-refractivity contribution in [1.82, 2.24) is 19.5 Å². The second-order valence-corrected chi connectivity index (χ2v) is 14.8. The van der Waals surface area contributed by atoms with E-state index in [0.717, 1.165) is 40.7 Å². The molecule has 0 spiro atoms. The van der Waals surface area contributed by atoms with E-state index in [1.165, 1.54) is 55.2 Å². The van der Waals surface area contributed by atoms with Crippen LogP contribution in [-0.4, -0.2) is 19.5 Å². The van der Waals surface area contributed by atoms with Crippen molar-refractivity contribution >= 4 is 21.8 Å². The maximum Gasteiger partial charge on any atom is 0.164 e. The van der Waals surface area contributed by atoms with Crippen molar-refractivity contribution in [2.45, 2.75) is 19.8 Å². The molecule has 0 aliphatic rings. The number of para-hydroxylation sites is 1. The highest BCUT2D eigenvalue weighted by atomic mass is 15.0. The van der Waals surface area contributed by atoms with E-state index in [1.807, 2.05) is 60.7 Å². The summed E-state index contributed by atoms with van der Waals surface area (Å²) in [5.74, 6) is 1.95. The van der Waals surface area contributed by atoms with Gasteiger partial charge < -0.3 is 4.57 Å². The number of rotatable bonds is 9. The van der Waals surface area contributed by atoms with Crippen LogP contribution >= 0.6 is 0 Å². The summed E-state index contributed by atoms with van der Waals surface area (Å²) in [7, 11) is 0. The minimum Gasteiger partial charge on any atom is -0.309 e. The quantitative estimate of drug-likeness (QED) is 0.148. The average molecular weight is 745 g/mol. The zero-order valence-electron chi connectivity index (χ0n) is 32.3. The third-order valence-corrected chi connectivity index (χ3v) is 11.2. The van der Waals surface area contributed by atoms with Gasteiger partial charge in [-0.2, -0.15) is 0 Å². The summed E-state index contributed by atoms with van der Waals surface area (Å²) in [6, 6.07) is 71.0. The Hall–Kier alpha value is -7.43. The van der Waals surface area contributed by atoms with Crippen LogP contribution in [0.25, 0.3) is 83.9 Å². The zero-order valence-corrected chi connectivity index (χ0v) is 32.3. The van der Waals surface area contributed by atoms with Gasteiger partial charge in [0.15, 0.2) is 17.5 Å². The minimum atomic E-state index is 0.641. The van der Waals surface area contributed by atoms with Gasteiger partial charge >= 0.3 is 0 Å². The van der Waals surface area contributed by atoms with Crippen LogP contribution in [0.4, 0.5) is 0 Å². The lowest BCUT2D eigenvalue weighted by Gasteiger charge is -2.15. The molecule has 0 saturated heterocycles. The number of aromatic nitrogens is 4. The van der Waals surface area contributed by atoms with Gasteiger partial charge in [-0.3, -0.25) is 0 Å². The molecule has 0 amide bonds. The molecule has 4 heteroatoms. The minimum absolute atomic E-state index is 0.641. The molecule has 10 rings (SSSR count). The van der Waals surface area contributed by atoms with E-state index in [9.17, 15) is 0 Å². The number of hydrogen-bond donors (Lipinski definition) is 0. The first-order valence-corrected chi connectivity index (χ1v) is 19.9. The monoisotopic (exact) mass is 744 g/mol. The third-order valence-electron chi connectivity index (χ3n) is 11.2. The summed E-state index contributed by atoms with van der Waals surface area (Å²) in [5.41, 5.74) is 15.3. The number of benzene rings is 8. The Bertz CT molecular complexity index is 2980. The molecule has 10 aromatic rings. The van der Waals surface area contributed by atoms with Crippen LogP contribution in [0.15, 0.2) is 200 Å². The van der Waals surface area contributed by atoms with Gasteiger partial charge in [0.2, 0.25) is 0 Å². The maximum absolute atomic E-state index is 4.96. The first-order chi connectivity index (χ1) is 28.7. The Balaban J connectivity index is 1.04. The summed E-state index contributed by atoms with van der Waals surface area (Å²) in [5, 5.41) is 2.45. The van der Waals surface area contributed by atoms with Crippen LogP contribution in [0.1, 0.15) is 16.7 Å². The Morgan fingerprint density at radius 1 is 0.379 bits per heavy atom. The van der Waals surface area contributed by atoms with Gasteiger partial charge in [0, 0.05) is 33.2 Å². The molecule has 0 N–H and O–H groups in total. The van der Waals surface area contributed by atoms with Crippen molar-refractivity contribution in [2.24, 2.45) is 0 Å². The van der Waals surface area contributed by atoms with Crippen molar-refractivity contribution < 1.29 is 0 Å². The van der Waals surface area contributed by atoms with Gasteiger partial charge in [-0.1, -0.05) is 158 Å². The SMILES string of the molecule is Cc1ccccc1-c1ccc(-c2ccc3c(c2)c2ccccc2n3-c2ccc(-c3nc(-c4ccccc4)nc(-c4ccccc4)n3)cc2)cc1CCc1ccccc1. The van der Waals surface area contributed by atoms with E-state index >= 15 is 0 Å². The molecular formula is C54H40N4. The lowest BCUT2D eigenvalue weighted by Crippen LogP contribution is -2.00. The van der Waals surface area contributed by atoms with Crippen molar-refractivity contribution in [3.63, 3.8) is 0 Å². The molecule has 58 heavy (non-hydrogen) atoms. The molecule has 8 aromatic carbocycles. The Morgan fingerprint density at radius 3 is 1.57 bits per heavy atom. The molecule has 0 saturated carbocycles. The normalized spacial score (nSPS) is 11.3. The highest BCUT2D eigenvalue weighted by molar-refractivity contribution is 6.10. The molecule has 0 unspecified atom stereocenters. The molecule has 2 heterocycles. The number of aryl methyl sites for hydroxylation is 3. The molecule has 2 aromatic heterocycles. The van der Waals surface area contributed by atoms with E-state index in [-0.39, 0.29) is 0 Å². The summed E-state index contributed by atoms with van der Waals surface area (Å²) in [4.78, 5) is 14.8. The summed E-state index contributed by atoms with van der Waals surface area (Å²) in [6.45, 7) is 2.21. The Kier molecular flexibility index (Phi) is 9.21. The van der Waals surface area contributed by atoms with Gasteiger partial charge in [-0.05, 0) is 101 Å². The largest absolute Gasteiger partial charge is 0.309 e. The van der Waals surface area contributed by atoms with Crippen molar-refractivity contribution in [1.29, 1.82) is 0 Å². The Labute approximate surface area is 338 Å². The molecule has 0 atom stereocenters. The van der Waals surface area contributed by atoms with Gasteiger partial charge in [0.1, 0.15) is 0 Å². The highest BCUT2D eigenvalue weighted by Crippen LogP contribution is 2.37. The van der Waals surface area contributed by atoms with E-state index in [2.05, 4.69) is 151 Å². The lowest BCUT2D eigenvalue weighted by atomic mass is 9.90. The summed E-state index contributed by atoms with van der Waals surface area (Å²) >= 11 is 0. The molecule has 0 fully saturated rings. The number of nitrogens with zero attached hydrogens (tertiary/aromatic N) is 4. The highest BCUT2D eigenvalue weighted by Gasteiger charge is 2.17. The van der Waals surface area contributed by atoms with Crippen LogP contribution < -0.4 is 0 Å². The summed E-state index contributed by atoms with van der Waals surface area (Å²) < 4.78 is 2.36. The van der Waals surface area contributed by atoms with Crippen molar-refractivity contribution in [3.05, 3.63) is 217 Å². The van der Waals surface area contributed by atoms with Crippen LogP contribution in [0.5, 0.6) is 0 Å². The summed E-state index contributed by atoms with van der Waals surface area (Å²) in [6.07, 6.45) is 1.95. The number of hydrogen-bond acceptors (Lipinski definition) is 3. The maximum atomic E-state index is 4.96. The van der Waals surface area contributed by atoms with Gasteiger partial charge in [-0.25, -0.2) is 15.0 Å². The fraction of sp³-hybridized carbons (Fsp3) is 0.0556. The first-order valence-electron chi connectivity index (χ1n) is 19.9. The molecule has 0 aliphatic carbocycles. The number of fused-ring (bicyclic) bond motifs is 3. The van der Waals surface area contributed by atoms with Crippen LogP contribution in [-0.2, 0) is 12.8 Å². The molecule has 276 valence electrons. The van der Waals surface area contributed by atoms with E-state index in [0.29, 0.717) is 17.5 Å². The van der Waals surface area contributed by atoms with E-state index in [1.54, 1.807) is 0 Å². The second-order valence-electron chi connectivity index (χ2n) is 14.8. The van der Waals surface area contributed by atoms with Gasteiger partial charge in [0.05, 0.1) is 11.0 Å². The predicted molar refractivity (Wildman–Crippen MR) is 240 cm³/mol. The molecular weight excluding hydrogens is 705 g/mol. The molecule has 0 radical (unpaired) electrons. The van der Waals surface area contributed by atoms with Gasteiger partial charge in [-0.15, -0.1) is 0 Å². The third kappa shape index (κ3) is 6.75. The van der Waals surface area contributed by atoms with Crippen LogP contribution in [0, 0.1) is 6.92 Å². The molecule has 0 aliphatic heterocycles.